The van der Waals surface area contributed by atoms with Crippen LogP contribution in [0.15, 0.2) is 0 Å². The Hall–Kier alpha value is -6.76. The van der Waals surface area contributed by atoms with E-state index >= 15 is 0 Å². The molecule has 8 aliphatic heterocycles. The summed E-state index contributed by atoms with van der Waals surface area (Å²) in [6.07, 6.45) is 22.7. The fourth-order valence-corrected chi connectivity index (χ4v) is 27.3. The normalized spacial score (nSPS) is 24.2. The molecule has 0 radical (unpaired) electrons. The molecule has 8 fully saturated rings. The summed E-state index contributed by atoms with van der Waals surface area (Å²) < 4.78 is 0. The van der Waals surface area contributed by atoms with E-state index in [1.165, 1.54) is 0 Å². The Bertz CT molecular complexity index is 4130. The molecule has 0 aromatic carbocycles. The second kappa shape index (κ2) is 43.3. The second-order valence-electron chi connectivity index (χ2n) is 54.2. The maximum absolute atomic E-state index is 5.42. The van der Waals surface area contributed by atoms with Crippen LogP contribution in [0.25, 0.3) is 0 Å². The molecule has 782 valence electrons. The molecule has 19 N–H and O–H groups in total. The topological polar surface area (TPSA) is 393 Å². The van der Waals surface area contributed by atoms with Gasteiger partial charge in [0, 0.05) is 170 Å². The minimum Gasteiger partial charge on any atom is -0.354 e. The van der Waals surface area contributed by atoms with Crippen LogP contribution >= 0.6 is 0 Å². The van der Waals surface area contributed by atoms with Gasteiger partial charge in [-0.1, -0.05) is 13.3 Å². The summed E-state index contributed by atoms with van der Waals surface area (Å²) in [6, 6.07) is 1.41. The lowest BCUT2D eigenvalue weighted by molar-refractivity contribution is 0.157. The van der Waals surface area contributed by atoms with Gasteiger partial charge in [-0.2, -0.15) is 59.8 Å². The van der Waals surface area contributed by atoms with Gasteiger partial charge in [0.05, 0.1) is 0 Å². The Labute approximate surface area is 833 Å². The first kappa shape index (κ1) is 110. The second-order valence-corrected chi connectivity index (χ2v) is 54.2. The highest BCUT2D eigenvalue weighted by atomic mass is 15.4. The van der Waals surface area contributed by atoms with Crippen molar-refractivity contribution in [3.8, 4) is 0 Å². The van der Waals surface area contributed by atoms with Gasteiger partial charge in [-0.25, -0.2) is 0 Å². The van der Waals surface area contributed by atoms with Crippen LogP contribution in [0.4, 0.5) is 71.4 Å². The molecular weight excluding hydrogens is 1730 g/mol. The predicted molar refractivity (Wildman–Crippen MR) is 576 cm³/mol. The Morgan fingerprint density at radius 3 is 0.558 bits per heavy atom. The lowest BCUT2D eigenvalue weighted by Gasteiger charge is -2.49. The fourth-order valence-electron chi connectivity index (χ4n) is 27.3. The monoisotopic (exact) mass is 1920 g/mol. The first-order valence-electron chi connectivity index (χ1n) is 53.6. The van der Waals surface area contributed by atoms with E-state index in [9.17, 15) is 0 Å². The van der Waals surface area contributed by atoms with Crippen molar-refractivity contribution in [3.05, 3.63) is 0 Å². The molecule has 4 aromatic rings. The summed E-state index contributed by atoms with van der Waals surface area (Å²) >= 11 is 0. The molecule has 8 aliphatic rings. The highest BCUT2D eigenvalue weighted by Crippen LogP contribution is 2.41. The fraction of sp³-hybridized carbons (Fsp3) is 0.885. The number of hydrogen-bond acceptors (Lipinski definition) is 34. The van der Waals surface area contributed by atoms with E-state index in [0.717, 1.165) is 206 Å². The highest BCUT2D eigenvalue weighted by Gasteiger charge is 2.48. The van der Waals surface area contributed by atoms with E-state index < -0.39 is 0 Å². The van der Waals surface area contributed by atoms with Gasteiger partial charge >= 0.3 is 0 Å². The maximum atomic E-state index is 5.42. The van der Waals surface area contributed by atoms with Gasteiger partial charge in [-0.3, -0.25) is 0 Å². The smallest absolute Gasteiger partial charge is 0.232 e. The van der Waals surface area contributed by atoms with E-state index in [1.54, 1.807) is 0 Å². The molecular formula is C104H196N34. The molecule has 0 bridgehead atoms. The van der Waals surface area contributed by atoms with E-state index in [2.05, 4.69) is 344 Å². The van der Waals surface area contributed by atoms with Crippen molar-refractivity contribution in [2.45, 2.75) is 520 Å². The summed E-state index contributed by atoms with van der Waals surface area (Å²) in [5.41, 5.74) is -1.08. The van der Waals surface area contributed by atoms with Gasteiger partial charge < -0.3 is 116 Å². The van der Waals surface area contributed by atoms with Crippen LogP contribution in [0, 0.1) is 0 Å². The van der Waals surface area contributed by atoms with Crippen LogP contribution in [0.5, 0.6) is 0 Å². The summed E-state index contributed by atoms with van der Waals surface area (Å²) in [5.74, 6) is 7.30. The summed E-state index contributed by atoms with van der Waals surface area (Å²) in [4.78, 5) is 70.4. The minimum atomic E-state index is -0.0708. The van der Waals surface area contributed by atoms with Crippen LogP contribution in [0.1, 0.15) is 383 Å². The van der Waals surface area contributed by atoms with Gasteiger partial charge in [0.25, 0.3) is 0 Å². The largest absolute Gasteiger partial charge is 0.354 e. The molecule has 0 atom stereocenters. The Kier molecular flexibility index (Phi) is 34.5. The Morgan fingerprint density at radius 1 is 0.203 bits per heavy atom. The van der Waals surface area contributed by atoms with Crippen molar-refractivity contribution in [2.24, 2.45) is 0 Å². The van der Waals surface area contributed by atoms with Gasteiger partial charge in [0.15, 0.2) is 0 Å². The van der Waals surface area contributed by atoms with Crippen LogP contribution in [0.3, 0.4) is 0 Å². The summed E-state index contributed by atoms with van der Waals surface area (Å²) in [6.45, 7) is 84.9. The lowest BCUT2D eigenvalue weighted by Crippen LogP contribution is -2.62. The third kappa shape index (κ3) is 35.6. The number of aromatic nitrogens is 12. The molecule has 34 nitrogen and oxygen atoms in total. The number of unbranched alkanes of at least 4 members (excludes halogenated alkanes) is 2. The van der Waals surface area contributed by atoms with Crippen molar-refractivity contribution in [1.82, 2.24) is 112 Å². The molecule has 0 amide bonds. The van der Waals surface area contributed by atoms with Crippen molar-refractivity contribution in [1.29, 1.82) is 0 Å². The van der Waals surface area contributed by atoms with E-state index in [0.29, 0.717) is 91.6 Å². The first-order chi connectivity index (χ1) is 63.7. The Morgan fingerprint density at radius 2 is 0.362 bits per heavy atom. The third-order valence-electron chi connectivity index (χ3n) is 28.7. The SMILES string of the molecule is CCCCN(c1nc(NCCCN(CCCCN(CCCNc2nc(NC3CC(C)(C)NC(C)(C)C3)nc(NC3CC(C)(C)NC(C)(C)C3)n2)CCCNc2nc(NC3CC(C)(C)NC(C)(C)C3)nc(NC3CC(C)(C)NC(C)(C)C3)n2)CCCNc2nc(NC3CC(C)(C)NC(C)(C)C3)nc(NC3CC(C)(C)NC(C)(C)C3)n2)nc(NC2CC(C)(C)NC(C)(C)C2)n1)C1CC(C)(C)NC(C)(C)C1. The van der Waals surface area contributed by atoms with Gasteiger partial charge in [-0.15, -0.1) is 0 Å². The predicted octanol–water partition coefficient (Wildman–Crippen LogP) is 16.1. The zero-order valence-electron chi connectivity index (χ0n) is 92.6. The number of hydrogen-bond donors (Lipinski definition) is 19. The standard InChI is InChI=1S/C104H196N34/c1-34-35-52-138(76-67-103(30,31)135-104(32,33)68-76)88-126-80(122-87(127-88)115-75-65-101(26,27)134-102(28,29)66-75)108-45-41-51-137(50-40-44-107-79-120-85(113-73-61-97(18,19)132-98(20,21)62-73)125-86(121-79)114-74-63-99(22,23)133-100(24,25)64-74)47-37-36-46-136(48-38-42-105-77-116-81(109-69-53-89(2,3)128-90(4,5)54-69)123-82(117-77)110-70-55-91(6,7)129-92(8,9)56-70)49-39-43-106-78-118-83(111-71-57-93(10,11)130-94(12,13)58-71)124-84(119-78)112-72-59-95(14,15)131-96(16,17)60-72/h69-76,128-135H,34-68H2,1-33H3,(H2,108,115,122,126,127)(H3,105,109,110,116,117,123)(H3,106,111,112,118,119,124)(H3,107,113,114,120,121,125). The van der Waals surface area contributed by atoms with Crippen LogP contribution in [-0.4, -0.2) is 279 Å². The Balaban J connectivity index is 0.804. The highest BCUT2D eigenvalue weighted by molar-refractivity contribution is 5.49. The molecule has 4 aromatic heterocycles. The zero-order chi connectivity index (χ0) is 101. The van der Waals surface area contributed by atoms with Crippen molar-refractivity contribution >= 4 is 71.4 Å². The van der Waals surface area contributed by atoms with Crippen molar-refractivity contribution < 1.29 is 0 Å². The molecule has 8 saturated heterocycles. The zero-order valence-corrected chi connectivity index (χ0v) is 92.6. The average molecular weight is 1920 g/mol. The maximum Gasteiger partial charge on any atom is 0.232 e. The molecule has 34 heteroatoms. The first-order valence-corrected chi connectivity index (χ1v) is 53.6. The molecule has 12 rings (SSSR count). The molecule has 12 heterocycles. The average Bonchev–Trinajstić information content (AvgIpc) is 0.775. The minimum absolute atomic E-state index is 0.0669. The van der Waals surface area contributed by atoms with E-state index in [4.69, 9.17) is 59.8 Å². The third-order valence-corrected chi connectivity index (χ3v) is 28.7. The van der Waals surface area contributed by atoms with Crippen molar-refractivity contribution in [2.75, 3.05) is 135 Å². The number of anilines is 12. The molecule has 0 unspecified atom stereocenters. The van der Waals surface area contributed by atoms with Crippen LogP contribution in [-0.2, 0) is 0 Å². The molecule has 0 spiro atoms. The number of nitrogens with one attached hydrogen (secondary N) is 19. The summed E-state index contributed by atoms with van der Waals surface area (Å²) in [7, 11) is 0. The van der Waals surface area contributed by atoms with Gasteiger partial charge in [-0.05, 0) is 409 Å². The van der Waals surface area contributed by atoms with Gasteiger partial charge in [0.1, 0.15) is 0 Å². The molecule has 0 aliphatic carbocycles. The van der Waals surface area contributed by atoms with E-state index in [-0.39, 0.29) is 137 Å². The molecule has 0 saturated carbocycles. The van der Waals surface area contributed by atoms with Crippen molar-refractivity contribution in [3.63, 3.8) is 0 Å². The number of nitrogens with zero attached hydrogens (tertiary/aromatic N) is 15. The van der Waals surface area contributed by atoms with E-state index in [1.807, 2.05) is 0 Å². The number of piperidine rings is 8. The quantitative estimate of drug-likeness (QED) is 0.0183. The summed E-state index contributed by atoms with van der Waals surface area (Å²) in [5, 5.41) is 73.1. The molecule has 138 heavy (non-hydrogen) atoms. The lowest BCUT2D eigenvalue weighted by atomic mass is 9.79. The van der Waals surface area contributed by atoms with Gasteiger partial charge in [0.2, 0.25) is 71.4 Å². The number of rotatable bonds is 44. The van der Waals surface area contributed by atoms with Crippen LogP contribution in [0.2, 0.25) is 0 Å². The van der Waals surface area contributed by atoms with Crippen LogP contribution < -0.4 is 106 Å².